The average molecular weight is 346 g/mol. The number of nitrogens with zero attached hydrogens (tertiary/aromatic N) is 1. The van der Waals surface area contributed by atoms with Crippen LogP contribution in [-0.4, -0.2) is 23.4 Å². The molecule has 1 amide bonds. The first-order valence-corrected chi connectivity index (χ1v) is 7.26. The van der Waals surface area contributed by atoms with Gasteiger partial charge in [-0.05, 0) is 37.1 Å². The summed E-state index contributed by atoms with van der Waals surface area (Å²) >= 11 is 0. The van der Waals surface area contributed by atoms with Gasteiger partial charge in [-0.1, -0.05) is 12.1 Å². The van der Waals surface area contributed by atoms with Crippen molar-refractivity contribution < 1.29 is 23.6 Å². The fourth-order valence-corrected chi connectivity index (χ4v) is 2.09. The van der Waals surface area contributed by atoms with Gasteiger partial charge in [0.15, 0.2) is 6.61 Å². The van der Waals surface area contributed by atoms with E-state index in [-0.39, 0.29) is 11.4 Å². The van der Waals surface area contributed by atoms with Gasteiger partial charge in [0.1, 0.15) is 5.82 Å². The molecular formula is C17H15FN2O5. The number of rotatable bonds is 5. The Labute approximate surface area is 142 Å². The van der Waals surface area contributed by atoms with Crippen molar-refractivity contribution in [2.75, 3.05) is 11.9 Å². The molecule has 1 N–H and O–H groups in total. The second-order valence-corrected chi connectivity index (χ2v) is 5.29. The Bertz CT molecular complexity index is 851. The predicted molar refractivity (Wildman–Crippen MR) is 87.9 cm³/mol. The molecule has 0 spiro atoms. The number of nitro groups is 1. The second-order valence-electron chi connectivity index (χ2n) is 5.29. The number of ether oxygens (including phenoxy) is 1. The summed E-state index contributed by atoms with van der Waals surface area (Å²) < 4.78 is 18.5. The molecule has 7 nitrogen and oxygen atoms in total. The van der Waals surface area contributed by atoms with Crippen molar-refractivity contribution in [2.24, 2.45) is 0 Å². The van der Waals surface area contributed by atoms with Crippen molar-refractivity contribution in [3.05, 3.63) is 69.0 Å². The highest BCUT2D eigenvalue weighted by molar-refractivity contribution is 5.96. The summed E-state index contributed by atoms with van der Waals surface area (Å²) in [6.07, 6.45) is 0. The highest BCUT2D eigenvalue weighted by Crippen LogP contribution is 2.21. The van der Waals surface area contributed by atoms with E-state index in [1.807, 2.05) is 13.0 Å². The largest absolute Gasteiger partial charge is 0.452 e. The zero-order valence-electron chi connectivity index (χ0n) is 13.5. The molecule has 2 aromatic rings. The van der Waals surface area contributed by atoms with Crippen LogP contribution in [0.2, 0.25) is 0 Å². The number of nitrogens with one attached hydrogen (secondary N) is 1. The summed E-state index contributed by atoms with van der Waals surface area (Å²) in [6.45, 7) is 2.95. The van der Waals surface area contributed by atoms with Gasteiger partial charge in [-0.3, -0.25) is 14.9 Å². The third kappa shape index (κ3) is 4.37. The third-order valence-corrected chi connectivity index (χ3v) is 3.59. The minimum absolute atomic E-state index is 0.328. The molecule has 0 unspecified atom stereocenters. The highest BCUT2D eigenvalue weighted by atomic mass is 19.1. The standard InChI is InChI=1S/C17H15FN2O5/c1-10-4-3-5-13(11(10)2)17(22)25-9-16(21)19-15-8-12(20(23)24)6-7-14(15)18/h3-8H,9H2,1-2H3,(H,19,21). The lowest BCUT2D eigenvalue weighted by molar-refractivity contribution is -0.384. The van der Waals surface area contributed by atoms with Gasteiger partial charge in [0, 0.05) is 12.1 Å². The normalized spacial score (nSPS) is 10.2. The summed E-state index contributed by atoms with van der Waals surface area (Å²) in [5, 5.41) is 12.8. The molecule has 130 valence electrons. The number of amides is 1. The summed E-state index contributed by atoms with van der Waals surface area (Å²) in [6, 6.07) is 7.84. The number of carbonyl (C=O) groups is 2. The lowest BCUT2D eigenvalue weighted by Gasteiger charge is -2.09. The van der Waals surface area contributed by atoms with Gasteiger partial charge in [0.2, 0.25) is 0 Å². The van der Waals surface area contributed by atoms with Crippen molar-refractivity contribution in [3.8, 4) is 0 Å². The predicted octanol–water partition coefficient (Wildman–Crippen LogP) is 3.15. The minimum atomic E-state index is -0.834. The van der Waals surface area contributed by atoms with Gasteiger partial charge < -0.3 is 10.1 Å². The van der Waals surface area contributed by atoms with Crippen LogP contribution in [0.15, 0.2) is 36.4 Å². The number of non-ortho nitro benzene ring substituents is 1. The minimum Gasteiger partial charge on any atom is -0.452 e. The Morgan fingerprint density at radius 2 is 1.96 bits per heavy atom. The number of anilines is 1. The maximum Gasteiger partial charge on any atom is 0.338 e. The van der Waals surface area contributed by atoms with Crippen molar-refractivity contribution in [1.82, 2.24) is 0 Å². The van der Waals surface area contributed by atoms with Crippen molar-refractivity contribution >= 4 is 23.3 Å². The van der Waals surface area contributed by atoms with E-state index in [0.29, 0.717) is 5.56 Å². The maximum absolute atomic E-state index is 13.6. The van der Waals surface area contributed by atoms with Crippen LogP contribution in [-0.2, 0) is 9.53 Å². The molecular weight excluding hydrogens is 331 g/mol. The molecule has 0 aliphatic rings. The number of nitro benzene ring substituents is 1. The number of benzene rings is 2. The van der Waals surface area contributed by atoms with Gasteiger partial charge in [-0.25, -0.2) is 9.18 Å². The quantitative estimate of drug-likeness (QED) is 0.509. The molecule has 0 saturated carbocycles. The lowest BCUT2D eigenvalue weighted by atomic mass is 10.0. The zero-order chi connectivity index (χ0) is 18.6. The molecule has 0 aliphatic carbocycles. The first-order valence-electron chi connectivity index (χ1n) is 7.26. The van der Waals surface area contributed by atoms with E-state index in [1.54, 1.807) is 19.1 Å². The zero-order valence-corrected chi connectivity index (χ0v) is 13.5. The second kappa shape index (κ2) is 7.52. The van der Waals surface area contributed by atoms with Crippen LogP contribution in [0.5, 0.6) is 0 Å². The maximum atomic E-state index is 13.6. The van der Waals surface area contributed by atoms with Crippen LogP contribution in [0.4, 0.5) is 15.8 Å². The van der Waals surface area contributed by atoms with Gasteiger partial charge in [-0.2, -0.15) is 0 Å². The topological polar surface area (TPSA) is 98.5 Å². The number of carbonyl (C=O) groups excluding carboxylic acids is 2. The van der Waals surface area contributed by atoms with E-state index in [1.165, 1.54) is 0 Å². The average Bonchev–Trinajstić information content (AvgIpc) is 2.57. The summed E-state index contributed by atoms with van der Waals surface area (Å²) in [5.74, 6) is -2.33. The molecule has 0 heterocycles. The smallest absolute Gasteiger partial charge is 0.338 e. The Morgan fingerprint density at radius 3 is 2.64 bits per heavy atom. The Kier molecular flexibility index (Phi) is 5.43. The van der Waals surface area contributed by atoms with Crippen molar-refractivity contribution in [3.63, 3.8) is 0 Å². The van der Waals surface area contributed by atoms with Crippen LogP contribution in [0, 0.1) is 29.8 Å². The van der Waals surface area contributed by atoms with Crippen LogP contribution in [0.3, 0.4) is 0 Å². The summed E-state index contributed by atoms with van der Waals surface area (Å²) in [7, 11) is 0. The molecule has 0 aliphatic heterocycles. The Balaban J connectivity index is 2.01. The fourth-order valence-electron chi connectivity index (χ4n) is 2.09. The molecule has 0 fully saturated rings. The third-order valence-electron chi connectivity index (χ3n) is 3.59. The van der Waals surface area contributed by atoms with E-state index in [2.05, 4.69) is 5.32 Å². The highest BCUT2D eigenvalue weighted by Gasteiger charge is 2.16. The van der Waals surface area contributed by atoms with E-state index in [0.717, 1.165) is 29.3 Å². The number of hydrogen-bond acceptors (Lipinski definition) is 5. The monoisotopic (exact) mass is 346 g/mol. The summed E-state index contributed by atoms with van der Waals surface area (Å²) in [5.41, 5.74) is 1.23. The molecule has 0 radical (unpaired) electrons. The Hall–Kier alpha value is -3.29. The fraction of sp³-hybridized carbons (Fsp3) is 0.176. The SMILES string of the molecule is Cc1cccc(C(=O)OCC(=O)Nc2cc([N+](=O)[O-])ccc2F)c1C. The molecule has 0 bridgehead atoms. The van der Waals surface area contributed by atoms with E-state index in [4.69, 9.17) is 4.74 Å². The van der Waals surface area contributed by atoms with Gasteiger partial charge in [0.25, 0.3) is 11.6 Å². The lowest BCUT2D eigenvalue weighted by Crippen LogP contribution is -2.22. The van der Waals surface area contributed by atoms with E-state index >= 15 is 0 Å². The number of halogens is 1. The first kappa shape index (κ1) is 18.1. The molecule has 0 saturated heterocycles. The number of esters is 1. The molecule has 2 rings (SSSR count). The van der Waals surface area contributed by atoms with Crippen LogP contribution in [0.25, 0.3) is 0 Å². The number of aryl methyl sites for hydroxylation is 1. The Morgan fingerprint density at radius 1 is 1.24 bits per heavy atom. The van der Waals surface area contributed by atoms with Crippen LogP contribution >= 0.6 is 0 Å². The molecule has 2 aromatic carbocycles. The first-order chi connectivity index (χ1) is 11.8. The molecule has 25 heavy (non-hydrogen) atoms. The summed E-state index contributed by atoms with van der Waals surface area (Å²) in [4.78, 5) is 33.8. The van der Waals surface area contributed by atoms with Crippen molar-refractivity contribution in [1.29, 1.82) is 0 Å². The van der Waals surface area contributed by atoms with Crippen molar-refractivity contribution in [2.45, 2.75) is 13.8 Å². The van der Waals surface area contributed by atoms with Gasteiger partial charge >= 0.3 is 5.97 Å². The van der Waals surface area contributed by atoms with Gasteiger partial charge in [-0.15, -0.1) is 0 Å². The van der Waals surface area contributed by atoms with E-state index in [9.17, 15) is 24.1 Å². The molecule has 0 aromatic heterocycles. The number of hydrogen-bond donors (Lipinski definition) is 1. The van der Waals surface area contributed by atoms with Gasteiger partial charge in [0.05, 0.1) is 16.2 Å². The van der Waals surface area contributed by atoms with E-state index < -0.39 is 29.2 Å². The molecule has 0 atom stereocenters. The van der Waals surface area contributed by atoms with Crippen LogP contribution < -0.4 is 5.32 Å². The molecule has 8 heteroatoms. The van der Waals surface area contributed by atoms with Crippen LogP contribution in [0.1, 0.15) is 21.5 Å².